The minimum absolute atomic E-state index is 0.251. The number of primary amides is 2. The molecule has 156 valence electrons. The van der Waals surface area contributed by atoms with Gasteiger partial charge in [-0.2, -0.15) is 0 Å². The molecule has 31 heavy (non-hydrogen) atoms. The molecule has 7 heteroatoms. The molecule has 0 aliphatic carbocycles. The fourth-order valence-corrected chi connectivity index (χ4v) is 3.71. The number of amides is 2. The molecule has 0 aliphatic heterocycles. The van der Waals surface area contributed by atoms with E-state index < -0.39 is 5.91 Å². The van der Waals surface area contributed by atoms with Crippen molar-refractivity contribution in [3.8, 4) is 22.6 Å². The highest BCUT2D eigenvalue weighted by Gasteiger charge is 2.15. The second-order valence-electron chi connectivity index (χ2n) is 7.39. The Morgan fingerprint density at radius 2 is 1.77 bits per heavy atom. The zero-order valence-corrected chi connectivity index (χ0v) is 17.2. The molecule has 0 fully saturated rings. The highest BCUT2D eigenvalue weighted by Crippen LogP contribution is 2.30. The maximum absolute atomic E-state index is 11.6. The van der Waals surface area contributed by atoms with Gasteiger partial charge < -0.3 is 20.6 Å². The van der Waals surface area contributed by atoms with E-state index in [9.17, 15) is 9.59 Å². The number of aryl methyl sites for hydroxylation is 2. The fraction of sp³-hybridized carbons (Fsp3) is 0.125. The monoisotopic (exact) mass is 413 g/mol. The van der Waals surface area contributed by atoms with Crippen LogP contribution in [0, 0.1) is 6.92 Å². The number of carbonyl (C=O) groups excluding carboxylic acids is 2. The van der Waals surface area contributed by atoms with Crippen molar-refractivity contribution in [2.75, 3.05) is 0 Å². The summed E-state index contributed by atoms with van der Waals surface area (Å²) in [6.45, 7) is 1.94. The van der Waals surface area contributed by atoms with Gasteiger partial charge in [-0.15, -0.1) is 0 Å². The third-order valence-corrected chi connectivity index (χ3v) is 5.28. The summed E-state index contributed by atoms with van der Waals surface area (Å²) in [5.41, 5.74) is 17.1. The molecule has 2 aromatic carbocycles. The molecule has 0 atom stereocenters. The fourth-order valence-electron chi connectivity index (χ4n) is 3.71. The highest BCUT2D eigenvalue weighted by atomic mass is 16.1. The van der Waals surface area contributed by atoms with Crippen molar-refractivity contribution >= 4 is 11.8 Å². The summed E-state index contributed by atoms with van der Waals surface area (Å²) >= 11 is 0. The molecule has 2 aromatic heterocycles. The zero-order valence-electron chi connectivity index (χ0n) is 17.2. The molecule has 0 spiro atoms. The van der Waals surface area contributed by atoms with Gasteiger partial charge in [0, 0.05) is 41.4 Å². The maximum atomic E-state index is 11.6. The number of hydrogen-bond donors (Lipinski definition) is 2. The number of carbonyl (C=O) groups is 2. The lowest BCUT2D eigenvalue weighted by Crippen LogP contribution is -2.14. The van der Waals surface area contributed by atoms with Crippen LogP contribution in [0.15, 0.2) is 73.3 Å². The molecular formula is C24H23N5O2. The van der Waals surface area contributed by atoms with Gasteiger partial charge in [0.25, 0.3) is 0 Å². The van der Waals surface area contributed by atoms with Crippen LogP contribution in [0.25, 0.3) is 22.6 Å². The molecule has 0 saturated heterocycles. The topological polar surface area (TPSA) is 109 Å². The first kappa shape index (κ1) is 20.2. The number of imidazole rings is 1. The molecule has 2 amide bonds. The minimum atomic E-state index is -0.466. The van der Waals surface area contributed by atoms with Gasteiger partial charge in [0.1, 0.15) is 0 Å². The van der Waals surface area contributed by atoms with Crippen LogP contribution < -0.4 is 11.5 Å². The number of nitrogens with two attached hydrogens (primary N) is 2. The number of hydrogen-bond acceptors (Lipinski definition) is 3. The van der Waals surface area contributed by atoms with Gasteiger partial charge in [-0.1, -0.05) is 12.1 Å². The van der Waals surface area contributed by atoms with Gasteiger partial charge in [-0.3, -0.25) is 9.59 Å². The standard InChI is InChI=1S/C24H23N5O2/c1-16-14-18(24(26)31)4-9-21(16)29-20(8-11-23(25)30)7-10-22(29)17-2-5-19(6-3-17)28-13-12-27-15-28/h2-7,9-10,12-15H,8,11H2,1H3,(H2,25,30)(H2,26,31). The first-order valence-corrected chi connectivity index (χ1v) is 9.92. The number of rotatable bonds is 7. The quantitative estimate of drug-likeness (QED) is 0.486. The molecule has 2 heterocycles. The van der Waals surface area contributed by atoms with Gasteiger partial charge in [0.15, 0.2) is 0 Å². The smallest absolute Gasteiger partial charge is 0.248 e. The molecule has 4 N–H and O–H groups in total. The van der Waals surface area contributed by atoms with Gasteiger partial charge >= 0.3 is 0 Å². The van der Waals surface area contributed by atoms with Crippen molar-refractivity contribution in [1.29, 1.82) is 0 Å². The third-order valence-electron chi connectivity index (χ3n) is 5.28. The summed E-state index contributed by atoms with van der Waals surface area (Å²) in [7, 11) is 0. The van der Waals surface area contributed by atoms with Gasteiger partial charge in [-0.05, 0) is 66.9 Å². The Kier molecular flexibility index (Phi) is 5.41. The predicted molar refractivity (Wildman–Crippen MR) is 119 cm³/mol. The molecule has 4 aromatic rings. The highest BCUT2D eigenvalue weighted by molar-refractivity contribution is 5.93. The lowest BCUT2D eigenvalue weighted by atomic mass is 10.1. The summed E-state index contributed by atoms with van der Waals surface area (Å²) in [5.74, 6) is -0.814. The lowest BCUT2D eigenvalue weighted by molar-refractivity contribution is -0.118. The van der Waals surface area contributed by atoms with Crippen molar-refractivity contribution in [1.82, 2.24) is 14.1 Å². The van der Waals surface area contributed by atoms with Gasteiger partial charge in [-0.25, -0.2) is 4.98 Å². The summed E-state index contributed by atoms with van der Waals surface area (Å²) in [6, 6.07) is 17.6. The number of aromatic nitrogens is 3. The van der Waals surface area contributed by atoms with E-state index in [-0.39, 0.29) is 12.3 Å². The van der Waals surface area contributed by atoms with Crippen LogP contribution >= 0.6 is 0 Å². The van der Waals surface area contributed by atoms with E-state index in [1.165, 1.54) is 0 Å². The van der Waals surface area contributed by atoms with Crippen LogP contribution in [0.3, 0.4) is 0 Å². The Bertz CT molecular complexity index is 1240. The summed E-state index contributed by atoms with van der Waals surface area (Å²) in [4.78, 5) is 27.0. The van der Waals surface area contributed by atoms with E-state index in [0.29, 0.717) is 12.0 Å². The van der Waals surface area contributed by atoms with E-state index in [4.69, 9.17) is 11.5 Å². The van der Waals surface area contributed by atoms with Crippen LogP contribution in [-0.2, 0) is 11.2 Å². The number of nitrogens with zero attached hydrogens (tertiary/aromatic N) is 3. The summed E-state index contributed by atoms with van der Waals surface area (Å²) in [5, 5.41) is 0. The summed E-state index contributed by atoms with van der Waals surface area (Å²) < 4.78 is 4.04. The molecule has 7 nitrogen and oxygen atoms in total. The van der Waals surface area contributed by atoms with Crippen LogP contribution in [-0.4, -0.2) is 25.9 Å². The Morgan fingerprint density at radius 3 is 2.39 bits per heavy atom. The van der Waals surface area contributed by atoms with Crippen molar-refractivity contribution in [2.45, 2.75) is 19.8 Å². The molecule has 0 radical (unpaired) electrons. The van der Waals surface area contributed by atoms with Crippen LogP contribution in [0.1, 0.15) is 28.0 Å². The Hall–Kier alpha value is -4.13. The van der Waals surface area contributed by atoms with Crippen molar-refractivity contribution in [3.05, 3.63) is 90.1 Å². The predicted octanol–water partition coefficient (Wildman–Crippen LogP) is 3.16. The van der Waals surface area contributed by atoms with Crippen molar-refractivity contribution in [3.63, 3.8) is 0 Å². The van der Waals surface area contributed by atoms with Crippen LogP contribution in [0.5, 0.6) is 0 Å². The van der Waals surface area contributed by atoms with Crippen molar-refractivity contribution in [2.24, 2.45) is 11.5 Å². The van der Waals surface area contributed by atoms with Gasteiger partial charge in [0.2, 0.25) is 11.8 Å². The van der Waals surface area contributed by atoms with Crippen LogP contribution in [0.4, 0.5) is 0 Å². The first-order chi connectivity index (χ1) is 14.9. The Labute approximate surface area is 179 Å². The molecular weight excluding hydrogens is 390 g/mol. The zero-order chi connectivity index (χ0) is 22.0. The van der Waals surface area contributed by atoms with Gasteiger partial charge in [0.05, 0.1) is 12.0 Å². The Morgan fingerprint density at radius 1 is 1.00 bits per heavy atom. The van der Waals surface area contributed by atoms with E-state index in [1.807, 2.05) is 60.2 Å². The normalized spacial score (nSPS) is 10.9. The lowest BCUT2D eigenvalue weighted by Gasteiger charge is -2.17. The average molecular weight is 413 g/mol. The molecule has 0 aliphatic rings. The van der Waals surface area contributed by atoms with Crippen molar-refractivity contribution < 1.29 is 9.59 Å². The first-order valence-electron chi connectivity index (χ1n) is 9.92. The summed E-state index contributed by atoms with van der Waals surface area (Å²) in [6.07, 6.45) is 6.15. The Balaban J connectivity index is 1.80. The van der Waals surface area contributed by atoms with E-state index in [0.717, 1.165) is 33.9 Å². The minimum Gasteiger partial charge on any atom is -0.370 e. The second-order valence-corrected chi connectivity index (χ2v) is 7.39. The van der Waals surface area contributed by atoms with E-state index in [2.05, 4.69) is 9.55 Å². The molecule has 0 unspecified atom stereocenters. The van der Waals surface area contributed by atoms with Crippen LogP contribution in [0.2, 0.25) is 0 Å². The molecule has 0 saturated carbocycles. The average Bonchev–Trinajstić information content (AvgIpc) is 3.42. The SMILES string of the molecule is Cc1cc(C(N)=O)ccc1-n1c(CCC(N)=O)ccc1-c1ccc(-n2ccnc2)cc1. The maximum Gasteiger partial charge on any atom is 0.248 e. The molecule has 4 rings (SSSR count). The second kappa shape index (κ2) is 8.31. The largest absolute Gasteiger partial charge is 0.370 e. The van der Waals surface area contributed by atoms with E-state index in [1.54, 1.807) is 24.7 Å². The molecule has 0 bridgehead atoms. The third kappa shape index (κ3) is 4.11. The number of benzene rings is 2. The van der Waals surface area contributed by atoms with E-state index >= 15 is 0 Å².